The van der Waals surface area contributed by atoms with Crippen molar-refractivity contribution in [2.24, 2.45) is 0 Å². The Kier molecular flexibility index (Phi) is 1.85. The zero-order valence-electron chi connectivity index (χ0n) is 6.63. The van der Waals surface area contributed by atoms with Crippen molar-refractivity contribution in [2.75, 3.05) is 0 Å². The molecule has 0 bridgehead atoms. The van der Waals surface area contributed by atoms with E-state index in [1.807, 2.05) is 6.07 Å². The van der Waals surface area contributed by atoms with Crippen molar-refractivity contribution < 1.29 is 0 Å². The Morgan fingerprint density at radius 3 is 1.90 bits per heavy atom. The lowest BCUT2D eigenvalue weighted by atomic mass is 10.7. The van der Waals surface area contributed by atoms with Gasteiger partial charge in [-0.05, 0) is 6.07 Å². The first-order valence-corrected chi connectivity index (χ1v) is 6.88. The Labute approximate surface area is 62.3 Å². The summed E-state index contributed by atoms with van der Waals surface area (Å²) in [6, 6.07) is 1.85. The van der Waals surface area contributed by atoms with E-state index in [4.69, 9.17) is 0 Å². The fourth-order valence-electron chi connectivity index (χ4n) is 0.686. The van der Waals surface area contributed by atoms with Crippen molar-refractivity contribution in [3.05, 3.63) is 18.5 Å². The van der Waals surface area contributed by atoms with E-state index >= 15 is 0 Å². The van der Waals surface area contributed by atoms with Crippen LogP contribution < -0.4 is 5.45 Å². The minimum Gasteiger partial charge on any atom is -0.247 e. The predicted molar refractivity (Wildman–Crippen MR) is 45.0 cm³/mol. The molecule has 0 N–H and O–H groups in total. The van der Waals surface area contributed by atoms with Gasteiger partial charge >= 0.3 is 0 Å². The molecule has 1 heterocycles. The molecule has 0 unspecified atom stereocenters. The lowest BCUT2D eigenvalue weighted by Gasteiger charge is -2.11. The van der Waals surface area contributed by atoms with Gasteiger partial charge in [0.1, 0.15) is 13.5 Å². The molecule has 0 aliphatic heterocycles. The van der Waals surface area contributed by atoms with Crippen molar-refractivity contribution in [1.82, 2.24) is 9.97 Å². The minimum atomic E-state index is -1.26. The molecular weight excluding hydrogens is 140 g/mol. The summed E-state index contributed by atoms with van der Waals surface area (Å²) in [6.07, 6.45) is 3.61. The van der Waals surface area contributed by atoms with Gasteiger partial charge in [-0.1, -0.05) is 19.6 Å². The van der Waals surface area contributed by atoms with Crippen molar-refractivity contribution in [3.63, 3.8) is 0 Å². The van der Waals surface area contributed by atoms with Crippen LogP contribution in [0, 0.1) is 0 Å². The van der Waals surface area contributed by atoms with Crippen LogP contribution in [-0.4, -0.2) is 18.0 Å². The van der Waals surface area contributed by atoms with E-state index < -0.39 is 8.07 Å². The maximum atomic E-state index is 4.20. The average molecular weight is 152 g/mol. The summed E-state index contributed by atoms with van der Waals surface area (Å²) in [5.74, 6) is 0. The molecule has 3 heteroatoms. The van der Waals surface area contributed by atoms with Gasteiger partial charge in [0.25, 0.3) is 0 Å². The minimum absolute atomic E-state index is 1.04. The first kappa shape index (κ1) is 7.40. The molecule has 0 spiro atoms. The lowest BCUT2D eigenvalue weighted by Crippen LogP contribution is -2.41. The summed E-state index contributed by atoms with van der Waals surface area (Å²) >= 11 is 0. The fourth-order valence-corrected chi connectivity index (χ4v) is 1.61. The maximum absolute atomic E-state index is 4.20. The normalized spacial score (nSPS) is 11.5. The second-order valence-corrected chi connectivity index (χ2v) is 8.27. The van der Waals surface area contributed by atoms with Gasteiger partial charge in [-0.3, -0.25) is 0 Å². The quantitative estimate of drug-likeness (QED) is 0.562. The van der Waals surface area contributed by atoms with Crippen LogP contribution in [0.3, 0.4) is 0 Å². The molecule has 0 radical (unpaired) electrons. The third-order valence-electron chi connectivity index (χ3n) is 1.24. The molecule has 10 heavy (non-hydrogen) atoms. The van der Waals surface area contributed by atoms with E-state index in [2.05, 4.69) is 29.6 Å². The molecule has 0 saturated carbocycles. The predicted octanol–water partition coefficient (Wildman–Crippen LogP) is 1.02. The molecular formula is C7H12N2Si. The van der Waals surface area contributed by atoms with Gasteiger partial charge in [0.05, 0.1) is 0 Å². The second-order valence-electron chi connectivity index (χ2n) is 3.32. The first-order chi connectivity index (χ1) is 4.61. The van der Waals surface area contributed by atoms with E-state index in [0.29, 0.717) is 0 Å². The van der Waals surface area contributed by atoms with E-state index in [9.17, 15) is 0 Å². The highest BCUT2D eigenvalue weighted by Crippen LogP contribution is 1.95. The summed E-state index contributed by atoms with van der Waals surface area (Å²) in [4.78, 5) is 8.40. The van der Waals surface area contributed by atoms with E-state index in [0.717, 1.165) is 5.45 Å². The molecule has 1 rings (SSSR count). The largest absolute Gasteiger partial charge is 0.247 e. The molecule has 0 aliphatic carbocycles. The van der Waals surface area contributed by atoms with Gasteiger partial charge in [-0.2, -0.15) is 0 Å². The van der Waals surface area contributed by atoms with Crippen LogP contribution in [0.2, 0.25) is 19.6 Å². The number of rotatable bonds is 1. The number of nitrogens with zero attached hydrogens (tertiary/aromatic N) is 2. The average Bonchev–Trinajstić information content (AvgIpc) is 1.88. The molecule has 0 fully saturated rings. The summed E-state index contributed by atoms with van der Waals surface area (Å²) in [6.45, 7) is 6.72. The van der Waals surface area contributed by atoms with Crippen LogP contribution in [0.25, 0.3) is 0 Å². The zero-order chi connectivity index (χ0) is 7.61. The molecule has 1 aromatic heterocycles. The smallest absolute Gasteiger partial charge is 0.125 e. The van der Waals surface area contributed by atoms with E-state index in [1.165, 1.54) is 0 Å². The Bertz CT molecular complexity index is 203. The van der Waals surface area contributed by atoms with Gasteiger partial charge in [-0.25, -0.2) is 9.97 Å². The lowest BCUT2D eigenvalue weighted by molar-refractivity contribution is 1.21. The summed E-state index contributed by atoms with van der Waals surface area (Å²) in [7, 11) is -1.26. The third kappa shape index (κ3) is 1.64. The number of aromatic nitrogens is 2. The molecule has 0 aliphatic rings. The van der Waals surface area contributed by atoms with Crippen LogP contribution in [0.5, 0.6) is 0 Å². The standard InChI is InChI=1S/C7H12N2Si/c1-10(2,3)7-8-5-4-6-9-7/h4-6H,1-3H3. The van der Waals surface area contributed by atoms with Crippen LogP contribution in [0.15, 0.2) is 18.5 Å². The molecule has 0 aromatic carbocycles. The molecule has 0 amide bonds. The maximum Gasteiger partial charge on any atom is 0.125 e. The molecule has 1 aromatic rings. The van der Waals surface area contributed by atoms with Crippen LogP contribution in [0.1, 0.15) is 0 Å². The molecule has 54 valence electrons. The highest BCUT2D eigenvalue weighted by molar-refractivity contribution is 6.87. The van der Waals surface area contributed by atoms with Gasteiger partial charge in [-0.15, -0.1) is 0 Å². The number of hydrogen-bond donors (Lipinski definition) is 0. The third-order valence-corrected chi connectivity index (χ3v) is 2.84. The van der Waals surface area contributed by atoms with Crippen molar-refractivity contribution in [1.29, 1.82) is 0 Å². The topological polar surface area (TPSA) is 25.8 Å². The Morgan fingerprint density at radius 1 is 1.10 bits per heavy atom. The van der Waals surface area contributed by atoms with Crippen LogP contribution >= 0.6 is 0 Å². The van der Waals surface area contributed by atoms with Gasteiger partial charge in [0.15, 0.2) is 0 Å². The summed E-state index contributed by atoms with van der Waals surface area (Å²) in [5, 5.41) is 0. The monoisotopic (exact) mass is 152 g/mol. The van der Waals surface area contributed by atoms with Crippen molar-refractivity contribution >= 4 is 13.5 Å². The summed E-state index contributed by atoms with van der Waals surface area (Å²) in [5.41, 5.74) is 1.04. The van der Waals surface area contributed by atoms with E-state index in [-0.39, 0.29) is 0 Å². The molecule has 0 atom stereocenters. The summed E-state index contributed by atoms with van der Waals surface area (Å²) < 4.78 is 0. The van der Waals surface area contributed by atoms with Crippen LogP contribution in [0.4, 0.5) is 0 Å². The highest BCUT2D eigenvalue weighted by Gasteiger charge is 2.18. The SMILES string of the molecule is C[Si](C)(C)c1ncccn1. The Balaban J connectivity index is 2.97. The molecule has 2 nitrogen and oxygen atoms in total. The first-order valence-electron chi connectivity index (χ1n) is 3.38. The zero-order valence-corrected chi connectivity index (χ0v) is 7.63. The van der Waals surface area contributed by atoms with Crippen LogP contribution in [-0.2, 0) is 0 Å². The Hall–Kier alpha value is -0.703. The number of hydrogen-bond acceptors (Lipinski definition) is 2. The van der Waals surface area contributed by atoms with Crippen molar-refractivity contribution in [2.45, 2.75) is 19.6 Å². The highest BCUT2D eigenvalue weighted by atomic mass is 28.3. The fraction of sp³-hybridized carbons (Fsp3) is 0.429. The van der Waals surface area contributed by atoms with Gasteiger partial charge in [0.2, 0.25) is 0 Å². The Morgan fingerprint density at radius 2 is 1.60 bits per heavy atom. The van der Waals surface area contributed by atoms with Gasteiger partial charge in [0, 0.05) is 12.4 Å². The molecule has 0 saturated heterocycles. The van der Waals surface area contributed by atoms with Gasteiger partial charge < -0.3 is 0 Å². The van der Waals surface area contributed by atoms with E-state index in [1.54, 1.807) is 12.4 Å². The van der Waals surface area contributed by atoms with Crippen molar-refractivity contribution in [3.8, 4) is 0 Å². The second kappa shape index (κ2) is 2.50.